The van der Waals surface area contributed by atoms with Gasteiger partial charge < -0.3 is 15.0 Å². The SMILES string of the molecule is C[P+](C)(C)C.O=C([O-])C#CC(=O)O. The molecule has 0 radical (unpaired) electrons. The Labute approximate surface area is 78.3 Å². The Kier molecular flexibility index (Phi) is 7.17. The lowest BCUT2D eigenvalue weighted by atomic mass is 10.6. The summed E-state index contributed by atoms with van der Waals surface area (Å²) in [6.45, 7) is 9.19. The van der Waals surface area contributed by atoms with Gasteiger partial charge >= 0.3 is 5.97 Å². The number of carbonyl (C=O) groups excluding carboxylic acids is 1. The van der Waals surface area contributed by atoms with Crippen LogP contribution in [0.3, 0.4) is 0 Å². The van der Waals surface area contributed by atoms with Crippen LogP contribution in [0.15, 0.2) is 0 Å². The van der Waals surface area contributed by atoms with Gasteiger partial charge in [0.15, 0.2) is 0 Å². The van der Waals surface area contributed by atoms with Crippen LogP contribution in [0.2, 0.25) is 0 Å². The molecule has 0 amide bonds. The van der Waals surface area contributed by atoms with Crippen molar-refractivity contribution >= 4 is 19.2 Å². The minimum atomic E-state index is -1.69. The van der Waals surface area contributed by atoms with Gasteiger partial charge in [0.1, 0.15) is 5.97 Å². The van der Waals surface area contributed by atoms with Gasteiger partial charge in [-0.3, -0.25) is 0 Å². The van der Waals surface area contributed by atoms with Gasteiger partial charge in [-0.15, -0.1) is 0 Å². The molecule has 0 spiro atoms. The maximum atomic E-state index is 9.44. The van der Waals surface area contributed by atoms with Crippen molar-refractivity contribution in [2.24, 2.45) is 0 Å². The predicted molar refractivity (Wildman–Crippen MR) is 51.0 cm³/mol. The first-order chi connectivity index (χ1) is 5.63. The standard InChI is InChI=1S/C4H2O4.C4H12P/c5-3(6)1-2-4(7)8;1-5(2,3)4/h(H,5,6)(H,7,8);1-4H3/q;+1/p-1. The van der Waals surface area contributed by atoms with Crippen molar-refractivity contribution in [2.45, 2.75) is 0 Å². The van der Waals surface area contributed by atoms with E-state index in [0.29, 0.717) is 0 Å². The highest BCUT2D eigenvalue weighted by atomic mass is 31.2. The molecule has 0 aliphatic carbocycles. The molecule has 0 fully saturated rings. The van der Waals surface area contributed by atoms with Gasteiger partial charge in [-0.2, -0.15) is 0 Å². The molecule has 74 valence electrons. The second kappa shape index (κ2) is 6.45. The van der Waals surface area contributed by atoms with E-state index in [4.69, 9.17) is 5.11 Å². The number of carboxylic acid groups (broad SMARTS) is 2. The Morgan fingerprint density at radius 2 is 1.46 bits per heavy atom. The lowest BCUT2D eigenvalue weighted by molar-refractivity contribution is -0.295. The second-order valence-electron chi connectivity index (χ2n) is 3.53. The molecule has 5 heteroatoms. The van der Waals surface area contributed by atoms with Crippen LogP contribution in [0.5, 0.6) is 0 Å². The number of aliphatic carboxylic acids is 2. The molecular weight excluding hydrogens is 191 g/mol. The first kappa shape index (κ1) is 14.5. The summed E-state index contributed by atoms with van der Waals surface area (Å²) < 4.78 is 0. The predicted octanol–water partition coefficient (Wildman–Crippen LogP) is -0.652. The van der Waals surface area contributed by atoms with Crippen molar-refractivity contribution in [3.63, 3.8) is 0 Å². The molecule has 0 aromatic heterocycles. The number of hydrogen-bond acceptors (Lipinski definition) is 3. The summed E-state index contributed by atoms with van der Waals surface area (Å²) in [6.07, 6.45) is 0. The minimum absolute atomic E-state index is 0.389. The molecule has 0 aromatic carbocycles. The molecule has 0 rings (SSSR count). The van der Waals surface area contributed by atoms with Gasteiger partial charge in [0.2, 0.25) is 0 Å². The Bertz CT molecular complexity index is 217. The van der Waals surface area contributed by atoms with Crippen LogP contribution in [0, 0.1) is 11.8 Å². The lowest BCUT2D eigenvalue weighted by Crippen LogP contribution is -2.19. The zero-order chi connectivity index (χ0) is 11.1. The number of carboxylic acids is 2. The van der Waals surface area contributed by atoms with E-state index in [1.54, 1.807) is 0 Å². The first-order valence-electron chi connectivity index (χ1n) is 3.37. The third-order valence-electron chi connectivity index (χ3n) is 0.271. The summed E-state index contributed by atoms with van der Waals surface area (Å²) in [7, 11) is -0.389. The molecule has 4 nitrogen and oxygen atoms in total. The van der Waals surface area contributed by atoms with E-state index < -0.39 is 11.9 Å². The Morgan fingerprint density at radius 3 is 1.54 bits per heavy atom. The third kappa shape index (κ3) is 56.4. The molecular formula is C8H13O4P. The number of hydrogen-bond donors (Lipinski definition) is 1. The van der Waals surface area contributed by atoms with E-state index >= 15 is 0 Å². The second-order valence-corrected chi connectivity index (χ2v) is 8.89. The Balaban J connectivity index is 0. The summed E-state index contributed by atoms with van der Waals surface area (Å²) >= 11 is 0. The zero-order valence-corrected chi connectivity index (χ0v) is 9.01. The van der Waals surface area contributed by atoms with E-state index in [-0.39, 0.29) is 7.26 Å². The zero-order valence-electron chi connectivity index (χ0n) is 8.12. The normalized spacial score (nSPS) is 8.62. The van der Waals surface area contributed by atoms with Crippen molar-refractivity contribution in [3.05, 3.63) is 0 Å². The highest BCUT2D eigenvalue weighted by molar-refractivity contribution is 7.73. The van der Waals surface area contributed by atoms with Crippen molar-refractivity contribution in [3.8, 4) is 11.8 Å². The fraction of sp³-hybridized carbons (Fsp3) is 0.500. The molecule has 0 atom stereocenters. The molecule has 0 heterocycles. The fourth-order valence-electron chi connectivity index (χ4n) is 0.104. The van der Waals surface area contributed by atoms with Crippen LogP contribution in [0.1, 0.15) is 0 Å². The molecule has 0 aliphatic rings. The smallest absolute Gasteiger partial charge is 0.382 e. The van der Waals surface area contributed by atoms with Crippen LogP contribution in [0.4, 0.5) is 0 Å². The topological polar surface area (TPSA) is 77.4 Å². The van der Waals surface area contributed by atoms with Gasteiger partial charge in [-0.25, -0.2) is 4.79 Å². The highest BCUT2D eigenvalue weighted by Crippen LogP contribution is 2.40. The third-order valence-corrected chi connectivity index (χ3v) is 0.271. The maximum absolute atomic E-state index is 9.44. The molecule has 0 aliphatic heterocycles. The maximum Gasteiger partial charge on any atom is 0.382 e. The average molecular weight is 204 g/mol. The molecule has 0 aromatic rings. The first-order valence-corrected chi connectivity index (χ1v) is 6.95. The summed E-state index contributed by atoms with van der Waals surface area (Å²) in [5, 5.41) is 17.1. The van der Waals surface area contributed by atoms with Crippen LogP contribution in [-0.4, -0.2) is 43.7 Å². The number of carbonyl (C=O) groups is 2. The average Bonchev–Trinajstić information content (AvgIpc) is 1.79. The fourth-order valence-corrected chi connectivity index (χ4v) is 0.104. The highest BCUT2D eigenvalue weighted by Gasteiger charge is 2.03. The summed E-state index contributed by atoms with van der Waals surface area (Å²) in [4.78, 5) is 18.8. The van der Waals surface area contributed by atoms with E-state index in [1.165, 1.54) is 11.8 Å². The monoisotopic (exact) mass is 204 g/mol. The molecule has 13 heavy (non-hydrogen) atoms. The van der Waals surface area contributed by atoms with Crippen LogP contribution < -0.4 is 5.11 Å². The Morgan fingerprint density at radius 1 is 1.15 bits per heavy atom. The van der Waals surface area contributed by atoms with E-state index in [1.807, 2.05) is 0 Å². The van der Waals surface area contributed by atoms with Gasteiger partial charge in [0, 0.05) is 39.8 Å². The largest absolute Gasteiger partial charge is 0.537 e. The van der Waals surface area contributed by atoms with Crippen molar-refractivity contribution in [1.82, 2.24) is 0 Å². The van der Waals surface area contributed by atoms with Gasteiger partial charge in [0.25, 0.3) is 0 Å². The van der Waals surface area contributed by atoms with Crippen molar-refractivity contribution < 1.29 is 19.8 Å². The Hall–Kier alpha value is -1.07. The van der Waals surface area contributed by atoms with E-state index in [9.17, 15) is 14.7 Å². The van der Waals surface area contributed by atoms with Crippen LogP contribution in [0.25, 0.3) is 0 Å². The van der Waals surface area contributed by atoms with Crippen molar-refractivity contribution in [2.75, 3.05) is 26.7 Å². The molecule has 0 saturated heterocycles. The van der Waals surface area contributed by atoms with E-state index in [2.05, 4.69) is 26.7 Å². The lowest BCUT2D eigenvalue weighted by Gasteiger charge is -1.97. The molecule has 1 N–H and O–H groups in total. The quantitative estimate of drug-likeness (QED) is 0.420. The van der Waals surface area contributed by atoms with Gasteiger partial charge in [0.05, 0.1) is 0 Å². The minimum Gasteiger partial charge on any atom is -0.537 e. The summed E-state index contributed by atoms with van der Waals surface area (Å²) in [5.74, 6) is -0.515. The molecule has 0 unspecified atom stereocenters. The van der Waals surface area contributed by atoms with Crippen LogP contribution in [-0.2, 0) is 9.59 Å². The van der Waals surface area contributed by atoms with E-state index in [0.717, 1.165) is 0 Å². The molecule has 0 saturated carbocycles. The van der Waals surface area contributed by atoms with Gasteiger partial charge in [-0.1, -0.05) is 0 Å². The van der Waals surface area contributed by atoms with Gasteiger partial charge in [-0.05, 0) is 5.92 Å². The number of rotatable bonds is 0. The van der Waals surface area contributed by atoms with Crippen molar-refractivity contribution in [1.29, 1.82) is 0 Å². The summed E-state index contributed by atoms with van der Waals surface area (Å²) in [5.41, 5.74) is 0. The molecule has 0 bridgehead atoms. The van der Waals surface area contributed by atoms with Crippen LogP contribution >= 0.6 is 7.26 Å². The summed E-state index contributed by atoms with van der Waals surface area (Å²) in [6, 6.07) is 0.